The van der Waals surface area contributed by atoms with E-state index in [0.717, 1.165) is 18.3 Å². The van der Waals surface area contributed by atoms with Crippen molar-refractivity contribution in [1.82, 2.24) is 10.1 Å². The average molecular weight is 432 g/mol. The van der Waals surface area contributed by atoms with Crippen LogP contribution in [0, 0.1) is 17.3 Å². The highest BCUT2D eigenvalue weighted by Crippen LogP contribution is 2.65. The first-order valence-corrected chi connectivity index (χ1v) is 10.3. The quantitative estimate of drug-likeness (QED) is 0.713. The molecule has 2 atom stereocenters. The highest BCUT2D eigenvalue weighted by molar-refractivity contribution is 9.10. The highest BCUT2D eigenvalue weighted by Gasteiger charge is 2.57. The Labute approximate surface area is 165 Å². The van der Waals surface area contributed by atoms with Crippen molar-refractivity contribution in [3.05, 3.63) is 34.8 Å². The number of alkyl halides is 1. The molecule has 0 saturated heterocycles. The van der Waals surface area contributed by atoms with Gasteiger partial charge < -0.3 is 5.32 Å². The summed E-state index contributed by atoms with van der Waals surface area (Å²) in [5.74, 6) is 1.37. The Morgan fingerprint density at radius 2 is 2.07 bits per heavy atom. The highest BCUT2D eigenvalue weighted by atomic mass is 79.9. The first-order valence-electron chi connectivity index (χ1n) is 9.56. The predicted molar refractivity (Wildman–Crippen MR) is 105 cm³/mol. The van der Waals surface area contributed by atoms with Crippen LogP contribution in [0.4, 0.5) is 5.69 Å². The zero-order chi connectivity index (χ0) is 18.6. The molecule has 2 unspecified atom stereocenters. The lowest BCUT2D eigenvalue weighted by molar-refractivity contribution is -0.123. The number of halogens is 1. The van der Waals surface area contributed by atoms with Crippen LogP contribution in [-0.2, 0) is 4.79 Å². The number of nitrogens with zero attached hydrogens (tertiary/aromatic N) is 1. The Morgan fingerprint density at radius 3 is 2.74 bits per heavy atom. The SMILES string of the molecule is O=C(CC12CC3CC(CC(Br)(C3)C1)C2)Nc1cccc(-c2noc(=O)[nH]2)c1. The molecule has 7 heteroatoms. The van der Waals surface area contributed by atoms with E-state index in [9.17, 15) is 9.59 Å². The second-order valence-corrected chi connectivity index (χ2v) is 10.5. The lowest BCUT2D eigenvalue weighted by Gasteiger charge is -2.60. The van der Waals surface area contributed by atoms with E-state index >= 15 is 0 Å². The molecule has 0 spiro atoms. The standard InChI is InChI=1S/C20H22BrN3O3/c21-20-8-12-4-13(9-20)7-19(6-12,11-20)10-16(25)22-15-3-1-2-14(5-15)17-23-18(26)27-24-17/h1-3,5,12-13H,4,6-11H2,(H,22,25)(H,23,24,26). The molecule has 0 aliphatic heterocycles. The fourth-order valence-electron chi connectivity index (χ4n) is 6.19. The van der Waals surface area contributed by atoms with Gasteiger partial charge in [0.25, 0.3) is 0 Å². The van der Waals surface area contributed by atoms with Gasteiger partial charge in [0.05, 0.1) is 0 Å². The zero-order valence-electron chi connectivity index (χ0n) is 15.0. The van der Waals surface area contributed by atoms with Crippen molar-refractivity contribution >= 4 is 27.5 Å². The summed E-state index contributed by atoms with van der Waals surface area (Å²) in [6.45, 7) is 0. The van der Waals surface area contributed by atoms with E-state index in [-0.39, 0.29) is 15.6 Å². The van der Waals surface area contributed by atoms with Crippen LogP contribution in [0.3, 0.4) is 0 Å². The number of nitrogens with one attached hydrogen (secondary N) is 2. The normalized spacial score (nSPS) is 34.0. The number of amides is 1. The average Bonchev–Trinajstić information content (AvgIpc) is 2.98. The third-order valence-corrected chi connectivity index (χ3v) is 7.43. The number of rotatable bonds is 4. The van der Waals surface area contributed by atoms with Crippen LogP contribution in [0.1, 0.15) is 44.9 Å². The lowest BCUT2D eigenvalue weighted by atomic mass is 9.48. The van der Waals surface area contributed by atoms with Gasteiger partial charge in [0.1, 0.15) is 0 Å². The van der Waals surface area contributed by atoms with E-state index in [2.05, 4.69) is 35.9 Å². The molecule has 142 valence electrons. The molecular formula is C20H22BrN3O3. The van der Waals surface area contributed by atoms with Crippen LogP contribution >= 0.6 is 15.9 Å². The molecule has 4 fully saturated rings. The van der Waals surface area contributed by atoms with Crippen LogP contribution in [0.15, 0.2) is 33.6 Å². The van der Waals surface area contributed by atoms with Gasteiger partial charge in [0.2, 0.25) is 5.91 Å². The van der Waals surface area contributed by atoms with Gasteiger partial charge in [-0.3, -0.25) is 14.3 Å². The number of aromatic amines is 1. The first kappa shape index (κ1) is 17.2. The monoisotopic (exact) mass is 431 g/mol. The Kier molecular flexibility index (Phi) is 3.86. The Morgan fingerprint density at radius 1 is 1.30 bits per heavy atom. The van der Waals surface area contributed by atoms with Crippen LogP contribution < -0.4 is 11.1 Å². The molecule has 4 bridgehead atoms. The summed E-state index contributed by atoms with van der Waals surface area (Å²) >= 11 is 4.01. The molecule has 27 heavy (non-hydrogen) atoms. The third kappa shape index (κ3) is 3.26. The first-order chi connectivity index (χ1) is 12.9. The number of hydrogen-bond acceptors (Lipinski definition) is 4. The molecule has 0 radical (unpaired) electrons. The topological polar surface area (TPSA) is 88.0 Å². The summed E-state index contributed by atoms with van der Waals surface area (Å²) in [6.07, 6.45) is 7.94. The minimum Gasteiger partial charge on any atom is -0.326 e. The second-order valence-electron chi connectivity index (χ2n) is 8.86. The summed E-state index contributed by atoms with van der Waals surface area (Å²) in [5, 5.41) is 6.74. The minimum absolute atomic E-state index is 0.0684. The molecule has 1 aromatic heterocycles. The largest absolute Gasteiger partial charge is 0.439 e. The van der Waals surface area contributed by atoms with E-state index in [4.69, 9.17) is 0 Å². The number of hydrogen-bond donors (Lipinski definition) is 2. The van der Waals surface area contributed by atoms with E-state index < -0.39 is 5.76 Å². The second kappa shape index (κ2) is 6.06. The van der Waals surface area contributed by atoms with Crippen LogP contribution in [0.5, 0.6) is 0 Å². The molecule has 6 nitrogen and oxygen atoms in total. The van der Waals surface area contributed by atoms with E-state index in [1.54, 1.807) is 6.07 Å². The molecule has 1 amide bonds. The number of benzene rings is 1. The summed E-state index contributed by atoms with van der Waals surface area (Å²) in [4.78, 5) is 26.5. The number of carbonyl (C=O) groups is 1. The van der Waals surface area contributed by atoms with E-state index in [1.807, 2.05) is 18.2 Å². The zero-order valence-corrected chi connectivity index (χ0v) is 16.5. The number of anilines is 1. The predicted octanol–water partition coefficient (Wildman–Crippen LogP) is 4.09. The number of carbonyl (C=O) groups excluding carboxylic acids is 1. The van der Waals surface area contributed by atoms with Gasteiger partial charge in [-0.25, -0.2) is 4.79 Å². The lowest BCUT2D eigenvalue weighted by Crippen LogP contribution is -2.53. The smallest absolute Gasteiger partial charge is 0.326 e. The molecule has 2 aromatic rings. The molecule has 2 N–H and O–H groups in total. The van der Waals surface area contributed by atoms with Crippen molar-refractivity contribution in [3.8, 4) is 11.4 Å². The summed E-state index contributed by atoms with van der Waals surface area (Å²) < 4.78 is 4.82. The van der Waals surface area contributed by atoms with Crippen molar-refractivity contribution < 1.29 is 9.32 Å². The Hall–Kier alpha value is -1.89. The van der Waals surface area contributed by atoms with E-state index in [1.165, 1.54) is 32.1 Å². The maximum absolute atomic E-state index is 12.8. The third-order valence-electron chi connectivity index (χ3n) is 6.51. The fraction of sp³-hybridized carbons (Fsp3) is 0.550. The van der Waals surface area contributed by atoms with Gasteiger partial charge in [-0.1, -0.05) is 33.2 Å². The number of aromatic nitrogens is 2. The Balaban J connectivity index is 1.31. The van der Waals surface area contributed by atoms with Crippen molar-refractivity contribution in [2.45, 2.75) is 49.3 Å². The molecule has 1 heterocycles. The van der Waals surface area contributed by atoms with Crippen molar-refractivity contribution in [2.24, 2.45) is 17.3 Å². The summed E-state index contributed by atoms with van der Waals surface area (Å²) in [6, 6.07) is 7.30. The van der Waals surface area contributed by atoms with Crippen LogP contribution in [0.25, 0.3) is 11.4 Å². The van der Waals surface area contributed by atoms with Gasteiger partial charge >= 0.3 is 5.76 Å². The van der Waals surface area contributed by atoms with Crippen LogP contribution in [-0.4, -0.2) is 20.4 Å². The minimum atomic E-state index is -0.593. The molecule has 6 rings (SSSR count). The van der Waals surface area contributed by atoms with Gasteiger partial charge in [-0.05, 0) is 67.9 Å². The van der Waals surface area contributed by atoms with Crippen molar-refractivity contribution in [1.29, 1.82) is 0 Å². The maximum Gasteiger partial charge on any atom is 0.439 e. The molecule has 1 aromatic carbocycles. The molecule has 4 aliphatic rings. The van der Waals surface area contributed by atoms with E-state index in [0.29, 0.717) is 23.5 Å². The van der Waals surface area contributed by atoms with Crippen molar-refractivity contribution in [3.63, 3.8) is 0 Å². The van der Waals surface area contributed by atoms with Crippen molar-refractivity contribution in [2.75, 3.05) is 5.32 Å². The van der Waals surface area contributed by atoms with Gasteiger partial charge in [0, 0.05) is 22.0 Å². The molecule has 4 aliphatic carbocycles. The molecular weight excluding hydrogens is 410 g/mol. The number of H-pyrrole nitrogens is 1. The Bertz CT molecular complexity index is 936. The fourth-order valence-corrected chi connectivity index (χ4v) is 7.70. The van der Waals surface area contributed by atoms with Gasteiger partial charge in [-0.15, -0.1) is 0 Å². The summed E-state index contributed by atoms with van der Waals surface area (Å²) in [7, 11) is 0. The maximum atomic E-state index is 12.8. The molecule has 4 saturated carbocycles. The van der Waals surface area contributed by atoms with Gasteiger partial charge in [-0.2, -0.15) is 0 Å². The van der Waals surface area contributed by atoms with Crippen LogP contribution in [0.2, 0.25) is 0 Å². The summed E-state index contributed by atoms with van der Waals surface area (Å²) in [5.41, 5.74) is 1.56. The van der Waals surface area contributed by atoms with Gasteiger partial charge in [0.15, 0.2) is 5.82 Å².